The van der Waals surface area contributed by atoms with Gasteiger partial charge in [0.15, 0.2) is 0 Å². The minimum absolute atomic E-state index is 0.131. The molecule has 0 radical (unpaired) electrons. The number of nitrogens with zero attached hydrogens (tertiary/aromatic N) is 1. The van der Waals surface area contributed by atoms with Gasteiger partial charge in [0.05, 0.1) is 23.2 Å². The molecule has 0 saturated carbocycles. The average molecular weight is 295 g/mol. The topological polar surface area (TPSA) is 66.5 Å². The number of carbonyl (C=O) groups excluding carboxylic acids is 3. The van der Waals surface area contributed by atoms with E-state index < -0.39 is 5.91 Å². The number of benzene rings is 1. The maximum atomic E-state index is 12.0. The number of rotatable bonds is 4. The van der Waals surface area contributed by atoms with Crippen LogP contribution in [0.2, 0.25) is 5.02 Å². The molecular weight excluding hydrogens is 280 g/mol. The zero-order valence-electron chi connectivity index (χ0n) is 10.8. The molecule has 0 unspecified atom stereocenters. The van der Waals surface area contributed by atoms with Gasteiger partial charge in [-0.1, -0.05) is 23.7 Å². The minimum Gasteiger partial charge on any atom is -0.343 e. The van der Waals surface area contributed by atoms with Gasteiger partial charge in [0.2, 0.25) is 5.91 Å². The molecular formula is C14H15ClN2O3. The van der Waals surface area contributed by atoms with Gasteiger partial charge in [0.1, 0.15) is 6.29 Å². The van der Waals surface area contributed by atoms with E-state index in [4.69, 9.17) is 11.6 Å². The summed E-state index contributed by atoms with van der Waals surface area (Å²) in [6.07, 6.45) is 2.28. The van der Waals surface area contributed by atoms with Crippen LogP contribution in [-0.4, -0.2) is 42.1 Å². The first-order valence-electron chi connectivity index (χ1n) is 6.41. The molecule has 2 amide bonds. The first-order chi connectivity index (χ1) is 9.63. The Labute approximate surface area is 121 Å². The van der Waals surface area contributed by atoms with Crippen molar-refractivity contribution in [3.63, 3.8) is 0 Å². The number of likely N-dealkylation sites (tertiary alicyclic amines) is 1. The van der Waals surface area contributed by atoms with Gasteiger partial charge in [-0.15, -0.1) is 0 Å². The molecule has 1 atom stereocenters. The van der Waals surface area contributed by atoms with Crippen LogP contribution in [0.5, 0.6) is 0 Å². The van der Waals surface area contributed by atoms with Crippen molar-refractivity contribution >= 4 is 29.7 Å². The van der Waals surface area contributed by atoms with E-state index in [9.17, 15) is 14.4 Å². The van der Waals surface area contributed by atoms with Crippen LogP contribution in [0.3, 0.4) is 0 Å². The Morgan fingerprint density at radius 3 is 2.85 bits per heavy atom. The van der Waals surface area contributed by atoms with E-state index in [0.29, 0.717) is 23.6 Å². The van der Waals surface area contributed by atoms with E-state index in [1.54, 1.807) is 24.3 Å². The Bertz CT molecular complexity index is 533. The first-order valence-corrected chi connectivity index (χ1v) is 6.78. The summed E-state index contributed by atoms with van der Waals surface area (Å²) in [7, 11) is 0. The van der Waals surface area contributed by atoms with Crippen LogP contribution in [0.1, 0.15) is 23.2 Å². The molecule has 1 N–H and O–H groups in total. The zero-order chi connectivity index (χ0) is 14.5. The Balaban J connectivity index is 1.92. The molecule has 2 rings (SSSR count). The molecule has 5 nitrogen and oxygen atoms in total. The van der Waals surface area contributed by atoms with Crippen molar-refractivity contribution < 1.29 is 14.4 Å². The molecule has 1 aliphatic heterocycles. The average Bonchev–Trinajstić information content (AvgIpc) is 2.93. The van der Waals surface area contributed by atoms with E-state index in [2.05, 4.69) is 5.32 Å². The van der Waals surface area contributed by atoms with Gasteiger partial charge in [-0.3, -0.25) is 9.59 Å². The smallest absolute Gasteiger partial charge is 0.253 e. The lowest BCUT2D eigenvalue weighted by Gasteiger charge is -2.20. The molecule has 0 spiro atoms. The fourth-order valence-corrected chi connectivity index (χ4v) is 2.46. The van der Waals surface area contributed by atoms with Crippen LogP contribution in [0.25, 0.3) is 0 Å². The maximum Gasteiger partial charge on any atom is 0.253 e. The number of aldehydes is 1. The van der Waals surface area contributed by atoms with Gasteiger partial charge in [0.25, 0.3) is 5.91 Å². The molecule has 106 valence electrons. The van der Waals surface area contributed by atoms with Crippen molar-refractivity contribution in [1.82, 2.24) is 10.2 Å². The molecule has 0 aliphatic carbocycles. The predicted octanol–water partition coefficient (Wildman–Crippen LogP) is 1.26. The lowest BCUT2D eigenvalue weighted by atomic mass is 10.2. The predicted molar refractivity (Wildman–Crippen MR) is 74.6 cm³/mol. The summed E-state index contributed by atoms with van der Waals surface area (Å²) < 4.78 is 0. The quantitative estimate of drug-likeness (QED) is 0.850. The highest BCUT2D eigenvalue weighted by atomic mass is 35.5. The van der Waals surface area contributed by atoms with E-state index >= 15 is 0 Å². The second kappa shape index (κ2) is 6.52. The second-order valence-corrected chi connectivity index (χ2v) is 5.00. The fourth-order valence-electron chi connectivity index (χ4n) is 2.24. The largest absolute Gasteiger partial charge is 0.343 e. The highest BCUT2D eigenvalue weighted by Gasteiger charge is 2.28. The third kappa shape index (κ3) is 3.17. The molecule has 1 aliphatic rings. The number of hydrogen-bond acceptors (Lipinski definition) is 3. The van der Waals surface area contributed by atoms with Gasteiger partial charge in [-0.2, -0.15) is 0 Å². The maximum absolute atomic E-state index is 12.0. The monoisotopic (exact) mass is 294 g/mol. The van der Waals surface area contributed by atoms with Crippen LogP contribution >= 0.6 is 11.6 Å². The van der Waals surface area contributed by atoms with Crippen LogP contribution in [0, 0.1) is 0 Å². The normalized spacial score (nSPS) is 17.9. The number of amides is 2. The Morgan fingerprint density at radius 1 is 1.40 bits per heavy atom. The summed E-state index contributed by atoms with van der Waals surface area (Å²) in [5.74, 6) is -0.647. The van der Waals surface area contributed by atoms with Gasteiger partial charge in [-0.05, 0) is 25.0 Å². The standard InChI is InChI=1S/C14H15ClN2O3/c15-12-6-2-1-5-11(12)14(20)16-8-13(19)17-7-3-4-10(17)9-18/h1-2,5-6,9-10H,3-4,7-8H2,(H,16,20)/t10-/m0/s1. The summed E-state index contributed by atoms with van der Waals surface area (Å²) in [5, 5.41) is 2.87. The molecule has 0 bridgehead atoms. The van der Waals surface area contributed by atoms with E-state index in [1.165, 1.54) is 4.90 Å². The molecule has 6 heteroatoms. The van der Waals surface area contributed by atoms with Crippen molar-refractivity contribution in [1.29, 1.82) is 0 Å². The fraction of sp³-hybridized carbons (Fsp3) is 0.357. The van der Waals surface area contributed by atoms with E-state index in [-0.39, 0.29) is 18.5 Å². The van der Waals surface area contributed by atoms with Crippen LogP contribution in [0.15, 0.2) is 24.3 Å². The van der Waals surface area contributed by atoms with Crippen molar-refractivity contribution in [2.24, 2.45) is 0 Å². The Morgan fingerprint density at radius 2 is 2.15 bits per heavy atom. The number of carbonyl (C=O) groups is 3. The number of hydrogen-bond donors (Lipinski definition) is 1. The Kier molecular flexibility index (Phi) is 4.74. The molecule has 20 heavy (non-hydrogen) atoms. The third-order valence-electron chi connectivity index (χ3n) is 3.30. The minimum atomic E-state index is -0.397. The van der Waals surface area contributed by atoms with Crippen molar-refractivity contribution in [3.8, 4) is 0 Å². The van der Waals surface area contributed by atoms with Crippen molar-refractivity contribution in [2.75, 3.05) is 13.1 Å². The summed E-state index contributed by atoms with van der Waals surface area (Å²) >= 11 is 5.90. The van der Waals surface area contributed by atoms with Gasteiger partial charge in [-0.25, -0.2) is 0 Å². The highest BCUT2D eigenvalue weighted by Crippen LogP contribution is 2.16. The molecule has 1 aromatic carbocycles. The summed E-state index contributed by atoms with van der Waals surface area (Å²) in [6.45, 7) is 0.429. The van der Waals surface area contributed by atoms with Crippen molar-refractivity contribution in [2.45, 2.75) is 18.9 Å². The highest BCUT2D eigenvalue weighted by molar-refractivity contribution is 6.33. The summed E-state index contributed by atoms with van der Waals surface area (Å²) in [5.41, 5.74) is 0.329. The SMILES string of the molecule is O=C[C@@H]1CCCN1C(=O)CNC(=O)c1ccccc1Cl. The third-order valence-corrected chi connectivity index (χ3v) is 3.62. The second-order valence-electron chi connectivity index (χ2n) is 4.60. The number of nitrogens with one attached hydrogen (secondary N) is 1. The first kappa shape index (κ1) is 14.5. The molecule has 1 fully saturated rings. The lowest BCUT2D eigenvalue weighted by Crippen LogP contribution is -2.43. The van der Waals surface area contributed by atoms with E-state index in [0.717, 1.165) is 12.7 Å². The van der Waals surface area contributed by atoms with Crippen LogP contribution < -0.4 is 5.32 Å². The number of halogens is 1. The van der Waals surface area contributed by atoms with Crippen LogP contribution in [0.4, 0.5) is 0 Å². The molecule has 0 aromatic heterocycles. The molecule has 1 heterocycles. The summed E-state index contributed by atoms with van der Waals surface area (Å²) in [6, 6.07) is 6.27. The van der Waals surface area contributed by atoms with E-state index in [1.807, 2.05) is 0 Å². The summed E-state index contributed by atoms with van der Waals surface area (Å²) in [4.78, 5) is 36.2. The molecule has 1 aromatic rings. The van der Waals surface area contributed by atoms with Gasteiger partial charge < -0.3 is 15.0 Å². The van der Waals surface area contributed by atoms with Crippen LogP contribution in [-0.2, 0) is 9.59 Å². The Hall–Kier alpha value is -1.88. The van der Waals surface area contributed by atoms with Gasteiger partial charge >= 0.3 is 0 Å². The lowest BCUT2D eigenvalue weighted by molar-refractivity contribution is -0.133. The van der Waals surface area contributed by atoms with Crippen molar-refractivity contribution in [3.05, 3.63) is 34.9 Å². The molecule has 1 saturated heterocycles. The van der Waals surface area contributed by atoms with Gasteiger partial charge in [0, 0.05) is 6.54 Å². The zero-order valence-corrected chi connectivity index (χ0v) is 11.6.